The molecule has 2 heterocycles. The molecule has 2 aromatic carbocycles. The molecule has 0 saturated carbocycles. The van der Waals surface area contributed by atoms with E-state index in [1.54, 1.807) is 24.3 Å². The zero-order valence-corrected chi connectivity index (χ0v) is 12.8. The molecule has 3 N–H and O–H groups in total. The zero-order valence-electron chi connectivity index (χ0n) is 12.8. The van der Waals surface area contributed by atoms with Crippen LogP contribution in [0.5, 0.6) is 11.5 Å². The highest BCUT2D eigenvalue weighted by Crippen LogP contribution is 2.34. The van der Waals surface area contributed by atoms with E-state index < -0.39 is 0 Å². The molecule has 120 valence electrons. The lowest BCUT2D eigenvalue weighted by atomic mass is 10.1. The van der Waals surface area contributed by atoms with Gasteiger partial charge < -0.3 is 20.5 Å². The molecule has 1 amide bonds. The number of nitrogens with one attached hydrogen (secondary N) is 1. The Hall–Kier alpha value is -3.28. The predicted molar refractivity (Wildman–Crippen MR) is 91.1 cm³/mol. The largest absolute Gasteiger partial charge is 0.454 e. The zero-order chi connectivity index (χ0) is 16.5. The fourth-order valence-electron chi connectivity index (χ4n) is 2.63. The van der Waals surface area contributed by atoms with E-state index in [2.05, 4.69) is 10.3 Å². The monoisotopic (exact) mass is 321 g/mol. The number of nitrogens with zero attached hydrogens (tertiary/aromatic N) is 1. The number of aromatic nitrogens is 1. The highest BCUT2D eigenvalue weighted by Gasteiger charge is 2.14. The Morgan fingerprint density at radius 3 is 2.88 bits per heavy atom. The van der Waals surface area contributed by atoms with Gasteiger partial charge >= 0.3 is 0 Å². The van der Waals surface area contributed by atoms with Crippen molar-refractivity contribution in [2.45, 2.75) is 6.42 Å². The molecular formula is C18H15N3O3. The molecule has 3 aromatic rings. The minimum absolute atomic E-state index is 0.142. The third kappa shape index (κ3) is 2.81. The number of rotatable bonds is 3. The maximum absolute atomic E-state index is 12.2. The molecule has 0 atom stereocenters. The fraction of sp³-hybridized carbons (Fsp3) is 0.111. The van der Waals surface area contributed by atoms with Crippen LogP contribution in [-0.4, -0.2) is 17.7 Å². The summed E-state index contributed by atoms with van der Waals surface area (Å²) < 4.78 is 10.6. The van der Waals surface area contributed by atoms with Crippen molar-refractivity contribution < 1.29 is 14.3 Å². The Kier molecular flexibility index (Phi) is 3.42. The molecule has 0 aliphatic carbocycles. The number of hydrogen-bond acceptors (Lipinski definition) is 5. The molecule has 1 aliphatic rings. The van der Waals surface area contributed by atoms with Crippen molar-refractivity contribution in [2.75, 3.05) is 17.8 Å². The smallest absolute Gasteiger partial charge is 0.231 e. The number of fused-ring (bicyclic) bond motifs is 2. The van der Waals surface area contributed by atoms with Gasteiger partial charge in [0, 0.05) is 22.8 Å². The lowest BCUT2D eigenvalue weighted by Gasteiger charge is -2.07. The molecule has 4 rings (SSSR count). The van der Waals surface area contributed by atoms with Crippen LogP contribution in [0.3, 0.4) is 0 Å². The van der Waals surface area contributed by atoms with Gasteiger partial charge in [-0.1, -0.05) is 6.07 Å². The molecule has 0 radical (unpaired) electrons. The van der Waals surface area contributed by atoms with E-state index in [1.165, 1.54) is 0 Å². The summed E-state index contributed by atoms with van der Waals surface area (Å²) in [6, 6.07) is 14.6. The standard InChI is InChI=1S/C18H15N3O3/c19-12-2-5-15-11(7-12)1-3-14(20-15)9-18(22)21-13-4-6-16-17(8-13)24-10-23-16/h1-8H,9-10,19H2,(H,21,22). The number of hydrogen-bond donors (Lipinski definition) is 2. The van der Waals surface area contributed by atoms with Crippen molar-refractivity contribution in [2.24, 2.45) is 0 Å². The average Bonchev–Trinajstić information content (AvgIpc) is 3.02. The Balaban J connectivity index is 1.48. The van der Waals surface area contributed by atoms with E-state index in [0.29, 0.717) is 28.6 Å². The molecule has 0 fully saturated rings. The molecular weight excluding hydrogens is 306 g/mol. The molecule has 1 aliphatic heterocycles. The SMILES string of the molecule is Nc1ccc2nc(CC(=O)Nc3ccc4c(c3)OCO4)ccc2c1. The fourth-order valence-corrected chi connectivity index (χ4v) is 2.63. The summed E-state index contributed by atoms with van der Waals surface area (Å²) in [6.45, 7) is 0.207. The maximum atomic E-state index is 12.2. The van der Waals surface area contributed by atoms with Gasteiger partial charge in [-0.3, -0.25) is 9.78 Å². The first kappa shape index (κ1) is 14.3. The van der Waals surface area contributed by atoms with Gasteiger partial charge in [0.15, 0.2) is 11.5 Å². The second-order valence-electron chi connectivity index (χ2n) is 5.55. The first-order valence-electron chi connectivity index (χ1n) is 7.52. The normalized spacial score (nSPS) is 12.3. The van der Waals surface area contributed by atoms with Crippen LogP contribution >= 0.6 is 0 Å². The molecule has 24 heavy (non-hydrogen) atoms. The molecule has 6 nitrogen and oxygen atoms in total. The summed E-state index contributed by atoms with van der Waals surface area (Å²) in [6.07, 6.45) is 0.189. The number of ether oxygens (including phenoxy) is 2. The topological polar surface area (TPSA) is 86.5 Å². The van der Waals surface area contributed by atoms with E-state index in [1.807, 2.05) is 24.3 Å². The summed E-state index contributed by atoms with van der Waals surface area (Å²) >= 11 is 0. The summed E-state index contributed by atoms with van der Waals surface area (Å²) in [5.74, 6) is 1.17. The number of nitrogens with two attached hydrogens (primary N) is 1. The van der Waals surface area contributed by atoms with E-state index >= 15 is 0 Å². The minimum Gasteiger partial charge on any atom is -0.454 e. The molecule has 0 spiro atoms. The van der Waals surface area contributed by atoms with Crippen LogP contribution in [0.4, 0.5) is 11.4 Å². The van der Waals surface area contributed by atoms with Crippen LogP contribution in [-0.2, 0) is 11.2 Å². The lowest BCUT2D eigenvalue weighted by Crippen LogP contribution is -2.15. The van der Waals surface area contributed by atoms with Gasteiger partial charge in [0.25, 0.3) is 0 Å². The molecule has 0 saturated heterocycles. The van der Waals surface area contributed by atoms with Crippen molar-refractivity contribution in [3.05, 3.63) is 54.2 Å². The first-order chi connectivity index (χ1) is 11.7. The first-order valence-corrected chi connectivity index (χ1v) is 7.52. The summed E-state index contributed by atoms with van der Waals surface area (Å²) in [5.41, 5.74) is 8.63. The third-order valence-electron chi connectivity index (χ3n) is 3.77. The average molecular weight is 321 g/mol. The van der Waals surface area contributed by atoms with Crippen molar-refractivity contribution in [3.8, 4) is 11.5 Å². The number of carbonyl (C=O) groups excluding carboxylic acids is 1. The summed E-state index contributed by atoms with van der Waals surface area (Å²) in [7, 11) is 0. The molecule has 0 bridgehead atoms. The van der Waals surface area contributed by atoms with Crippen LogP contribution in [0.1, 0.15) is 5.69 Å². The number of anilines is 2. The molecule has 0 unspecified atom stereocenters. The number of nitrogen functional groups attached to an aromatic ring is 1. The van der Waals surface area contributed by atoms with E-state index in [-0.39, 0.29) is 19.1 Å². The molecule has 6 heteroatoms. The van der Waals surface area contributed by atoms with E-state index in [4.69, 9.17) is 15.2 Å². The van der Waals surface area contributed by atoms with Crippen LogP contribution in [0.2, 0.25) is 0 Å². The Labute approximate surface area is 138 Å². The predicted octanol–water partition coefficient (Wildman–Crippen LogP) is 2.73. The van der Waals surface area contributed by atoms with E-state index in [0.717, 1.165) is 10.9 Å². The Bertz CT molecular complexity index is 940. The third-order valence-corrected chi connectivity index (χ3v) is 3.77. The highest BCUT2D eigenvalue weighted by atomic mass is 16.7. The van der Waals surface area contributed by atoms with Gasteiger partial charge in [-0.25, -0.2) is 0 Å². The lowest BCUT2D eigenvalue weighted by molar-refractivity contribution is -0.115. The minimum atomic E-state index is -0.142. The molecule has 1 aromatic heterocycles. The van der Waals surface area contributed by atoms with Crippen LogP contribution in [0.25, 0.3) is 10.9 Å². The number of amides is 1. The number of benzene rings is 2. The number of carbonyl (C=O) groups is 1. The van der Waals surface area contributed by atoms with Gasteiger partial charge in [0.2, 0.25) is 12.7 Å². The van der Waals surface area contributed by atoms with Gasteiger partial charge in [-0.15, -0.1) is 0 Å². The summed E-state index contributed by atoms with van der Waals surface area (Å²) in [4.78, 5) is 16.7. The maximum Gasteiger partial charge on any atom is 0.231 e. The van der Waals surface area contributed by atoms with E-state index in [9.17, 15) is 4.79 Å². The second-order valence-corrected chi connectivity index (χ2v) is 5.55. The van der Waals surface area contributed by atoms with Crippen LogP contribution < -0.4 is 20.5 Å². The van der Waals surface area contributed by atoms with Crippen LogP contribution in [0, 0.1) is 0 Å². The van der Waals surface area contributed by atoms with Crippen molar-refractivity contribution in [1.29, 1.82) is 0 Å². The van der Waals surface area contributed by atoms with Gasteiger partial charge in [-0.05, 0) is 36.4 Å². The van der Waals surface area contributed by atoms with Gasteiger partial charge in [0.05, 0.1) is 17.6 Å². The van der Waals surface area contributed by atoms with Gasteiger partial charge in [-0.2, -0.15) is 0 Å². The van der Waals surface area contributed by atoms with Crippen molar-refractivity contribution in [1.82, 2.24) is 4.98 Å². The second kappa shape index (κ2) is 5.73. The van der Waals surface area contributed by atoms with Crippen LogP contribution in [0.15, 0.2) is 48.5 Å². The number of pyridine rings is 1. The highest BCUT2D eigenvalue weighted by molar-refractivity contribution is 5.93. The Morgan fingerprint density at radius 1 is 1.08 bits per heavy atom. The quantitative estimate of drug-likeness (QED) is 0.724. The summed E-state index contributed by atoms with van der Waals surface area (Å²) in [5, 5.41) is 3.80. The van der Waals surface area contributed by atoms with Gasteiger partial charge in [0.1, 0.15) is 0 Å². The van der Waals surface area contributed by atoms with Crippen molar-refractivity contribution in [3.63, 3.8) is 0 Å². The Morgan fingerprint density at radius 2 is 1.96 bits per heavy atom. The van der Waals surface area contributed by atoms with Crippen molar-refractivity contribution >= 4 is 28.2 Å².